The summed E-state index contributed by atoms with van der Waals surface area (Å²) >= 11 is 0. The Morgan fingerprint density at radius 2 is 0.923 bits per heavy atom. The highest BCUT2D eigenvalue weighted by molar-refractivity contribution is 5.80. The molecule has 0 aliphatic carbocycles. The zero-order valence-corrected chi connectivity index (χ0v) is 17.0. The monoisotopic (exact) mass is 370 g/mol. The lowest BCUT2D eigenvalue weighted by Crippen LogP contribution is -2.17. The van der Waals surface area contributed by atoms with Gasteiger partial charge in [0.25, 0.3) is 0 Å². The Morgan fingerprint density at radius 3 is 1.19 bits per heavy atom. The Balaban J connectivity index is 3.98. The van der Waals surface area contributed by atoms with E-state index in [1.165, 1.54) is 0 Å². The van der Waals surface area contributed by atoms with Crippen molar-refractivity contribution in [3.05, 3.63) is 0 Å². The summed E-state index contributed by atoms with van der Waals surface area (Å²) in [5, 5.41) is 0. The van der Waals surface area contributed by atoms with E-state index in [9.17, 15) is 19.2 Å². The van der Waals surface area contributed by atoms with E-state index in [0.717, 1.165) is 0 Å². The van der Waals surface area contributed by atoms with Crippen molar-refractivity contribution in [3.63, 3.8) is 0 Å². The third-order valence-corrected chi connectivity index (χ3v) is 4.31. The molecule has 6 heteroatoms. The normalized spacial score (nSPS) is 13.4. The lowest BCUT2D eigenvalue weighted by molar-refractivity contribution is -0.260. The van der Waals surface area contributed by atoms with Crippen LogP contribution in [0.1, 0.15) is 80.1 Å². The molecule has 0 spiro atoms. The number of ketones is 2. The van der Waals surface area contributed by atoms with Crippen LogP contribution in [0.25, 0.3) is 0 Å². The summed E-state index contributed by atoms with van der Waals surface area (Å²) in [6.45, 7) is 11.1. The van der Waals surface area contributed by atoms with Crippen molar-refractivity contribution in [3.8, 4) is 0 Å². The van der Waals surface area contributed by atoms with Crippen molar-refractivity contribution in [2.45, 2.75) is 80.1 Å². The van der Waals surface area contributed by atoms with Crippen LogP contribution in [0.2, 0.25) is 0 Å². The van der Waals surface area contributed by atoms with Crippen LogP contribution < -0.4 is 0 Å². The largest absolute Gasteiger partial charge is 0.355 e. The van der Waals surface area contributed by atoms with E-state index in [1.807, 2.05) is 41.5 Å². The molecule has 0 aliphatic heterocycles. The topological polar surface area (TPSA) is 86.7 Å². The smallest absolute Gasteiger partial charge is 0.299 e. The Labute approximate surface area is 156 Å². The summed E-state index contributed by atoms with van der Waals surface area (Å²) in [6.07, 6.45) is 2.24. The van der Waals surface area contributed by atoms with E-state index >= 15 is 0 Å². The molecule has 0 amide bonds. The van der Waals surface area contributed by atoms with Crippen LogP contribution in [-0.4, -0.2) is 23.5 Å². The van der Waals surface area contributed by atoms with Gasteiger partial charge in [0, 0.05) is 24.7 Å². The van der Waals surface area contributed by atoms with Crippen molar-refractivity contribution in [1.82, 2.24) is 0 Å². The quantitative estimate of drug-likeness (QED) is 0.380. The fourth-order valence-corrected chi connectivity index (χ4v) is 2.29. The number of hydrogen-bond acceptors (Lipinski definition) is 6. The van der Waals surface area contributed by atoms with Gasteiger partial charge in [-0.2, -0.15) is 0 Å². The predicted octanol–water partition coefficient (Wildman–Crippen LogP) is 4.05. The molecule has 0 saturated carbocycles. The van der Waals surface area contributed by atoms with Crippen LogP contribution in [0.4, 0.5) is 0 Å². The molecule has 0 aromatic heterocycles. The number of rotatable bonds is 12. The lowest BCUT2D eigenvalue weighted by atomic mass is 9.96. The predicted molar refractivity (Wildman–Crippen MR) is 97.9 cm³/mol. The molecule has 0 heterocycles. The third kappa shape index (κ3) is 11.8. The van der Waals surface area contributed by atoms with Gasteiger partial charge in [-0.25, -0.2) is 19.4 Å². The molecule has 0 aliphatic rings. The number of carbonyl (C=O) groups excluding carboxylic acids is 4. The molecular formula is C20H34O6. The van der Waals surface area contributed by atoms with Crippen molar-refractivity contribution in [1.29, 1.82) is 0 Å². The first-order valence-corrected chi connectivity index (χ1v) is 9.48. The van der Waals surface area contributed by atoms with Crippen LogP contribution in [0.3, 0.4) is 0 Å². The highest BCUT2D eigenvalue weighted by atomic mass is 17.2. The molecule has 0 radical (unpaired) electrons. The van der Waals surface area contributed by atoms with Crippen molar-refractivity contribution in [2.75, 3.05) is 0 Å². The second kappa shape index (κ2) is 12.6. The second-order valence-electron chi connectivity index (χ2n) is 7.85. The minimum absolute atomic E-state index is 0.00655. The SMILES string of the molecule is CC(CCC(=O)C(C)C)CC(=O)OOC(=O)CC(C)CCC(=O)C(C)C. The van der Waals surface area contributed by atoms with Gasteiger partial charge < -0.3 is 0 Å². The Kier molecular flexibility index (Phi) is 11.8. The van der Waals surface area contributed by atoms with Crippen LogP contribution in [-0.2, 0) is 29.0 Å². The fraction of sp³-hybridized carbons (Fsp3) is 0.800. The van der Waals surface area contributed by atoms with Gasteiger partial charge >= 0.3 is 11.9 Å². The summed E-state index contributed by atoms with van der Waals surface area (Å²) < 4.78 is 0. The lowest BCUT2D eigenvalue weighted by Gasteiger charge is -2.12. The molecule has 0 N–H and O–H groups in total. The van der Waals surface area contributed by atoms with Crippen LogP contribution in [0.15, 0.2) is 0 Å². The van der Waals surface area contributed by atoms with Crippen molar-refractivity contribution >= 4 is 23.5 Å². The minimum atomic E-state index is -0.620. The number of carbonyl (C=O) groups is 4. The van der Waals surface area contributed by atoms with Gasteiger partial charge in [0.1, 0.15) is 11.6 Å². The van der Waals surface area contributed by atoms with Gasteiger partial charge in [0.15, 0.2) is 0 Å². The Morgan fingerprint density at radius 1 is 0.615 bits per heavy atom. The maximum atomic E-state index is 11.7. The van der Waals surface area contributed by atoms with Gasteiger partial charge in [-0.15, -0.1) is 0 Å². The van der Waals surface area contributed by atoms with Gasteiger partial charge in [0.2, 0.25) is 0 Å². The molecule has 26 heavy (non-hydrogen) atoms. The standard InChI is InChI=1S/C20H34O6/c1-13(2)17(21)9-7-15(5)11-19(23)25-26-20(24)12-16(6)8-10-18(22)14(3)4/h13-16H,7-12H2,1-6H3. The zero-order valence-electron chi connectivity index (χ0n) is 17.0. The van der Waals surface area contributed by atoms with Gasteiger partial charge in [-0.1, -0.05) is 41.5 Å². The number of Topliss-reactive ketones (excluding diaryl/α,β-unsaturated/α-hetero) is 2. The molecule has 0 aromatic carbocycles. The average molecular weight is 370 g/mol. The van der Waals surface area contributed by atoms with Crippen molar-refractivity contribution in [2.24, 2.45) is 23.7 Å². The van der Waals surface area contributed by atoms with E-state index in [4.69, 9.17) is 0 Å². The molecule has 2 unspecified atom stereocenters. The molecule has 0 aromatic rings. The van der Waals surface area contributed by atoms with Gasteiger partial charge in [-0.3, -0.25) is 9.59 Å². The van der Waals surface area contributed by atoms with Crippen LogP contribution in [0.5, 0.6) is 0 Å². The van der Waals surface area contributed by atoms with Crippen LogP contribution in [0, 0.1) is 23.7 Å². The minimum Gasteiger partial charge on any atom is -0.299 e. The molecule has 0 rings (SSSR count). The first-order valence-electron chi connectivity index (χ1n) is 9.48. The molecule has 150 valence electrons. The maximum Gasteiger partial charge on any atom is 0.355 e. The highest BCUT2D eigenvalue weighted by Crippen LogP contribution is 2.16. The molecule has 0 bridgehead atoms. The fourth-order valence-electron chi connectivity index (χ4n) is 2.29. The molecular weight excluding hydrogens is 336 g/mol. The Bertz CT molecular complexity index is 437. The Hall–Kier alpha value is -1.72. The van der Waals surface area contributed by atoms with E-state index in [1.54, 1.807) is 0 Å². The van der Waals surface area contributed by atoms with Crippen LogP contribution >= 0.6 is 0 Å². The van der Waals surface area contributed by atoms with E-state index in [2.05, 4.69) is 9.78 Å². The summed E-state index contributed by atoms with van der Waals surface area (Å²) in [4.78, 5) is 55.6. The highest BCUT2D eigenvalue weighted by Gasteiger charge is 2.18. The summed E-state index contributed by atoms with van der Waals surface area (Å²) in [5.74, 6) is -0.963. The third-order valence-electron chi connectivity index (χ3n) is 4.31. The second-order valence-corrected chi connectivity index (χ2v) is 7.85. The first-order chi connectivity index (χ1) is 12.0. The maximum absolute atomic E-state index is 11.7. The van der Waals surface area contributed by atoms with E-state index in [0.29, 0.717) is 25.7 Å². The number of hydrogen-bond donors (Lipinski definition) is 0. The zero-order chi connectivity index (χ0) is 20.3. The van der Waals surface area contributed by atoms with E-state index < -0.39 is 11.9 Å². The van der Waals surface area contributed by atoms with Gasteiger partial charge in [-0.05, 0) is 24.7 Å². The molecule has 2 atom stereocenters. The molecule has 6 nitrogen and oxygen atoms in total. The molecule has 0 fully saturated rings. The van der Waals surface area contributed by atoms with E-state index in [-0.39, 0.29) is 48.1 Å². The van der Waals surface area contributed by atoms with Crippen molar-refractivity contribution < 1.29 is 29.0 Å². The summed E-state index contributed by atoms with van der Waals surface area (Å²) in [7, 11) is 0. The van der Waals surface area contributed by atoms with Gasteiger partial charge in [0.05, 0.1) is 12.8 Å². The summed E-state index contributed by atoms with van der Waals surface area (Å²) in [6, 6.07) is 0. The summed E-state index contributed by atoms with van der Waals surface area (Å²) in [5.41, 5.74) is 0. The average Bonchev–Trinajstić information content (AvgIpc) is 2.55. The molecule has 0 saturated heterocycles. The first kappa shape index (κ1) is 24.3.